The first-order valence-electron chi connectivity index (χ1n) is 7.06. The second-order valence-electron chi connectivity index (χ2n) is 5.55. The molecule has 1 saturated carbocycles. The number of hydrogen-bond donors (Lipinski definition) is 1. The number of hydrogen-bond acceptors (Lipinski definition) is 2. The van der Waals surface area contributed by atoms with Crippen molar-refractivity contribution in [2.45, 2.75) is 58.4 Å². The van der Waals surface area contributed by atoms with E-state index < -0.39 is 0 Å². The van der Waals surface area contributed by atoms with Crippen LogP contribution in [-0.4, -0.2) is 30.4 Å². The van der Waals surface area contributed by atoms with Gasteiger partial charge in [-0.05, 0) is 45.1 Å². The van der Waals surface area contributed by atoms with Gasteiger partial charge in [-0.1, -0.05) is 19.8 Å². The fourth-order valence-corrected chi connectivity index (χ4v) is 2.85. The van der Waals surface area contributed by atoms with Gasteiger partial charge in [0.2, 0.25) is 5.91 Å². The highest BCUT2D eigenvalue weighted by Crippen LogP contribution is 2.30. The van der Waals surface area contributed by atoms with E-state index in [1.807, 2.05) is 11.9 Å². The van der Waals surface area contributed by atoms with E-state index in [1.54, 1.807) is 0 Å². The summed E-state index contributed by atoms with van der Waals surface area (Å²) in [6.45, 7) is 5.04. The molecule has 100 valence electrons. The van der Waals surface area contributed by atoms with E-state index >= 15 is 0 Å². The zero-order valence-corrected chi connectivity index (χ0v) is 11.6. The van der Waals surface area contributed by atoms with E-state index in [0.29, 0.717) is 17.9 Å². The number of nitrogens with zero attached hydrogens (tertiary/aromatic N) is 1. The average molecular weight is 240 g/mol. The molecular formula is C14H28N2O. The lowest BCUT2D eigenvalue weighted by molar-refractivity contribution is -0.137. The van der Waals surface area contributed by atoms with Crippen LogP contribution in [0.2, 0.25) is 0 Å². The second kappa shape index (κ2) is 7.00. The van der Waals surface area contributed by atoms with Gasteiger partial charge in [-0.3, -0.25) is 4.79 Å². The maximum atomic E-state index is 12.4. The summed E-state index contributed by atoms with van der Waals surface area (Å²) in [6.07, 6.45) is 6.64. The van der Waals surface area contributed by atoms with Crippen LogP contribution in [0.5, 0.6) is 0 Å². The molecule has 0 bridgehead atoms. The SMILES string of the molecule is CCCC(C)N(C)C(=O)C1CCCC(CN)C1. The highest BCUT2D eigenvalue weighted by Gasteiger charge is 2.29. The molecule has 0 heterocycles. The van der Waals surface area contributed by atoms with Crippen LogP contribution in [0.1, 0.15) is 52.4 Å². The van der Waals surface area contributed by atoms with Crippen molar-refractivity contribution in [1.82, 2.24) is 4.90 Å². The molecule has 3 nitrogen and oxygen atoms in total. The average Bonchev–Trinajstić information content (AvgIpc) is 2.37. The van der Waals surface area contributed by atoms with Crippen molar-refractivity contribution in [3.63, 3.8) is 0 Å². The molecule has 0 aromatic rings. The maximum Gasteiger partial charge on any atom is 0.225 e. The third kappa shape index (κ3) is 3.98. The molecule has 3 unspecified atom stereocenters. The minimum Gasteiger partial charge on any atom is -0.343 e. The molecule has 0 aliphatic heterocycles. The Morgan fingerprint density at radius 2 is 2.18 bits per heavy atom. The van der Waals surface area contributed by atoms with Gasteiger partial charge in [-0.2, -0.15) is 0 Å². The first kappa shape index (κ1) is 14.5. The zero-order valence-electron chi connectivity index (χ0n) is 11.6. The summed E-state index contributed by atoms with van der Waals surface area (Å²) in [5.41, 5.74) is 5.72. The van der Waals surface area contributed by atoms with Crippen LogP contribution in [0, 0.1) is 11.8 Å². The molecule has 1 rings (SSSR count). The van der Waals surface area contributed by atoms with Crippen molar-refractivity contribution >= 4 is 5.91 Å². The van der Waals surface area contributed by atoms with Gasteiger partial charge >= 0.3 is 0 Å². The molecule has 1 amide bonds. The fraction of sp³-hybridized carbons (Fsp3) is 0.929. The van der Waals surface area contributed by atoms with Gasteiger partial charge in [0.25, 0.3) is 0 Å². The number of nitrogens with two attached hydrogens (primary N) is 1. The zero-order chi connectivity index (χ0) is 12.8. The van der Waals surface area contributed by atoms with Crippen LogP contribution in [-0.2, 0) is 4.79 Å². The van der Waals surface area contributed by atoms with Crippen molar-refractivity contribution in [2.24, 2.45) is 17.6 Å². The number of rotatable bonds is 5. The Morgan fingerprint density at radius 3 is 2.76 bits per heavy atom. The van der Waals surface area contributed by atoms with E-state index in [4.69, 9.17) is 5.73 Å². The molecule has 0 saturated heterocycles. The molecule has 1 aliphatic carbocycles. The van der Waals surface area contributed by atoms with Crippen molar-refractivity contribution in [3.8, 4) is 0 Å². The fourth-order valence-electron chi connectivity index (χ4n) is 2.85. The Labute approximate surface area is 106 Å². The third-order valence-corrected chi connectivity index (χ3v) is 4.18. The predicted molar refractivity (Wildman–Crippen MR) is 71.6 cm³/mol. The summed E-state index contributed by atoms with van der Waals surface area (Å²) >= 11 is 0. The highest BCUT2D eigenvalue weighted by atomic mass is 16.2. The smallest absolute Gasteiger partial charge is 0.225 e. The normalized spacial score (nSPS) is 26.6. The lowest BCUT2D eigenvalue weighted by Crippen LogP contribution is -2.41. The Kier molecular flexibility index (Phi) is 5.96. The summed E-state index contributed by atoms with van der Waals surface area (Å²) in [6, 6.07) is 0.366. The Balaban J connectivity index is 2.50. The first-order chi connectivity index (χ1) is 8.10. The van der Waals surface area contributed by atoms with Crippen LogP contribution in [0.25, 0.3) is 0 Å². The van der Waals surface area contributed by atoms with Gasteiger partial charge in [0.1, 0.15) is 0 Å². The van der Waals surface area contributed by atoms with Gasteiger partial charge in [0, 0.05) is 19.0 Å². The predicted octanol–water partition coefficient (Wildman–Crippen LogP) is 2.40. The topological polar surface area (TPSA) is 46.3 Å². The molecule has 0 radical (unpaired) electrons. The van der Waals surface area contributed by atoms with E-state index in [0.717, 1.165) is 38.6 Å². The Hall–Kier alpha value is -0.570. The summed E-state index contributed by atoms with van der Waals surface area (Å²) in [4.78, 5) is 14.3. The van der Waals surface area contributed by atoms with Crippen molar-refractivity contribution in [3.05, 3.63) is 0 Å². The van der Waals surface area contributed by atoms with Gasteiger partial charge in [0.15, 0.2) is 0 Å². The maximum absolute atomic E-state index is 12.4. The van der Waals surface area contributed by atoms with Crippen molar-refractivity contribution in [2.75, 3.05) is 13.6 Å². The third-order valence-electron chi connectivity index (χ3n) is 4.18. The van der Waals surface area contributed by atoms with E-state index in [2.05, 4.69) is 13.8 Å². The van der Waals surface area contributed by atoms with Crippen molar-refractivity contribution in [1.29, 1.82) is 0 Å². The molecule has 0 spiro atoms. The van der Waals surface area contributed by atoms with Crippen LogP contribution in [0.3, 0.4) is 0 Å². The molecule has 17 heavy (non-hydrogen) atoms. The number of amides is 1. The van der Waals surface area contributed by atoms with E-state index in [1.165, 1.54) is 6.42 Å². The van der Waals surface area contributed by atoms with Crippen LogP contribution in [0.4, 0.5) is 0 Å². The Bertz CT molecular complexity index is 242. The largest absolute Gasteiger partial charge is 0.343 e. The first-order valence-corrected chi connectivity index (χ1v) is 7.06. The van der Waals surface area contributed by atoms with Crippen LogP contribution < -0.4 is 5.73 Å². The minimum atomic E-state index is 0.224. The minimum absolute atomic E-state index is 0.224. The van der Waals surface area contributed by atoms with E-state index in [-0.39, 0.29) is 5.92 Å². The molecule has 3 heteroatoms. The lowest BCUT2D eigenvalue weighted by atomic mass is 9.80. The lowest BCUT2D eigenvalue weighted by Gasteiger charge is -2.33. The van der Waals surface area contributed by atoms with Gasteiger partial charge in [-0.25, -0.2) is 0 Å². The summed E-state index contributed by atoms with van der Waals surface area (Å²) in [5.74, 6) is 1.12. The number of carbonyl (C=O) groups is 1. The molecule has 0 aromatic carbocycles. The molecule has 3 atom stereocenters. The summed E-state index contributed by atoms with van der Waals surface area (Å²) in [7, 11) is 1.95. The molecule has 0 aromatic heterocycles. The van der Waals surface area contributed by atoms with Gasteiger partial charge in [0.05, 0.1) is 0 Å². The van der Waals surface area contributed by atoms with E-state index in [9.17, 15) is 4.79 Å². The molecule has 1 aliphatic rings. The van der Waals surface area contributed by atoms with Gasteiger partial charge < -0.3 is 10.6 Å². The standard InChI is InChI=1S/C14H28N2O/c1-4-6-11(2)16(3)14(17)13-8-5-7-12(9-13)10-15/h11-13H,4-10,15H2,1-3H3. The van der Waals surface area contributed by atoms with Crippen LogP contribution >= 0.6 is 0 Å². The summed E-state index contributed by atoms with van der Waals surface area (Å²) < 4.78 is 0. The number of carbonyl (C=O) groups excluding carboxylic acids is 1. The quantitative estimate of drug-likeness (QED) is 0.802. The van der Waals surface area contributed by atoms with Crippen LogP contribution in [0.15, 0.2) is 0 Å². The monoisotopic (exact) mass is 240 g/mol. The van der Waals surface area contributed by atoms with Gasteiger partial charge in [-0.15, -0.1) is 0 Å². The molecule has 2 N–H and O–H groups in total. The van der Waals surface area contributed by atoms with Crippen molar-refractivity contribution < 1.29 is 4.79 Å². The summed E-state index contributed by atoms with van der Waals surface area (Å²) in [5, 5.41) is 0. The molecule has 1 fully saturated rings. The highest BCUT2D eigenvalue weighted by molar-refractivity contribution is 5.79. The second-order valence-corrected chi connectivity index (χ2v) is 5.55. The molecular weight excluding hydrogens is 212 g/mol. The Morgan fingerprint density at radius 1 is 1.47 bits per heavy atom.